The maximum Gasteiger partial charge on any atom is 0.234 e. The Labute approximate surface area is 153 Å². The van der Waals surface area contributed by atoms with Gasteiger partial charge >= 0.3 is 0 Å². The van der Waals surface area contributed by atoms with Crippen molar-refractivity contribution in [2.75, 3.05) is 0 Å². The van der Waals surface area contributed by atoms with Crippen LogP contribution in [0.4, 0.5) is 0 Å². The van der Waals surface area contributed by atoms with Crippen LogP contribution in [-0.2, 0) is 0 Å². The van der Waals surface area contributed by atoms with Crippen LogP contribution in [-0.4, -0.2) is 28.7 Å². The first-order valence-electron chi connectivity index (χ1n) is 8.70. The molecule has 6 aromatic rings. The number of rotatable bonds is 2. The van der Waals surface area contributed by atoms with E-state index in [2.05, 4.69) is 45.3 Å². The number of aromatic amines is 1. The molecule has 128 valence electrons. The van der Waals surface area contributed by atoms with E-state index in [1.807, 2.05) is 51.8 Å². The number of H-pyrrole nitrogens is 1. The molecule has 0 saturated carbocycles. The summed E-state index contributed by atoms with van der Waals surface area (Å²) in [4.78, 5) is 17.1. The van der Waals surface area contributed by atoms with Crippen LogP contribution in [0.3, 0.4) is 0 Å². The molecule has 0 atom stereocenters. The van der Waals surface area contributed by atoms with Crippen molar-refractivity contribution in [3.63, 3.8) is 0 Å². The van der Waals surface area contributed by atoms with Crippen LogP contribution >= 0.6 is 0 Å². The van der Waals surface area contributed by atoms with E-state index in [-0.39, 0.29) is 0 Å². The predicted octanol–water partition coefficient (Wildman–Crippen LogP) is 4.19. The van der Waals surface area contributed by atoms with Crippen LogP contribution in [0.15, 0.2) is 79.5 Å². The Balaban J connectivity index is 1.46. The third-order valence-electron chi connectivity index (χ3n) is 4.83. The molecule has 0 unspecified atom stereocenters. The molecule has 5 heterocycles. The number of para-hydroxylation sites is 1. The highest BCUT2D eigenvalue weighted by molar-refractivity contribution is 5.86. The van der Waals surface area contributed by atoms with Gasteiger partial charge in [0.1, 0.15) is 11.3 Å². The Kier molecular flexibility index (Phi) is 2.79. The summed E-state index contributed by atoms with van der Waals surface area (Å²) in [7, 11) is 0. The Bertz CT molecular complexity index is 1400. The largest absolute Gasteiger partial charge is 0.355 e. The van der Waals surface area contributed by atoms with E-state index in [0.717, 1.165) is 33.8 Å². The third kappa shape index (κ3) is 2.23. The zero-order chi connectivity index (χ0) is 17.8. The van der Waals surface area contributed by atoms with Crippen molar-refractivity contribution in [1.82, 2.24) is 28.7 Å². The molecule has 0 radical (unpaired) electrons. The number of fused-ring (bicyclic) bond motifs is 3. The van der Waals surface area contributed by atoms with E-state index < -0.39 is 0 Å². The lowest BCUT2D eigenvalue weighted by Gasteiger charge is -1.98. The number of aromatic nitrogens is 6. The van der Waals surface area contributed by atoms with Gasteiger partial charge in [0.15, 0.2) is 0 Å². The van der Waals surface area contributed by atoms with Gasteiger partial charge in [-0.3, -0.25) is 4.40 Å². The number of hydrogen-bond acceptors (Lipinski definition) is 3. The van der Waals surface area contributed by atoms with Crippen molar-refractivity contribution in [2.24, 2.45) is 0 Å². The summed E-state index contributed by atoms with van der Waals surface area (Å²) >= 11 is 0. The van der Waals surface area contributed by atoms with Crippen molar-refractivity contribution in [1.29, 1.82) is 0 Å². The van der Waals surface area contributed by atoms with E-state index in [1.165, 1.54) is 5.39 Å². The van der Waals surface area contributed by atoms with Gasteiger partial charge in [0, 0.05) is 53.1 Å². The number of pyridine rings is 1. The molecule has 0 aliphatic rings. The summed E-state index contributed by atoms with van der Waals surface area (Å²) in [6.07, 6.45) is 9.59. The Morgan fingerprint density at radius 1 is 0.815 bits per heavy atom. The molecule has 27 heavy (non-hydrogen) atoms. The summed E-state index contributed by atoms with van der Waals surface area (Å²) in [5, 5.41) is 1.20. The van der Waals surface area contributed by atoms with Gasteiger partial charge in [0.25, 0.3) is 0 Å². The summed E-state index contributed by atoms with van der Waals surface area (Å²) in [5.41, 5.74) is 5.84. The van der Waals surface area contributed by atoms with Crippen molar-refractivity contribution in [2.45, 2.75) is 0 Å². The minimum absolute atomic E-state index is 0.670. The average molecular weight is 350 g/mol. The van der Waals surface area contributed by atoms with Crippen LogP contribution in [0.1, 0.15) is 0 Å². The van der Waals surface area contributed by atoms with E-state index >= 15 is 0 Å². The van der Waals surface area contributed by atoms with Gasteiger partial charge in [-0.2, -0.15) is 0 Å². The average Bonchev–Trinajstić information content (AvgIpc) is 3.42. The zero-order valence-electron chi connectivity index (χ0n) is 14.2. The first-order valence-corrected chi connectivity index (χ1v) is 8.70. The van der Waals surface area contributed by atoms with Crippen molar-refractivity contribution >= 4 is 22.3 Å². The van der Waals surface area contributed by atoms with Gasteiger partial charge in [0.05, 0.1) is 5.69 Å². The van der Waals surface area contributed by atoms with Gasteiger partial charge in [-0.25, -0.2) is 15.0 Å². The molecule has 0 spiro atoms. The Hall–Kier alpha value is -3.93. The summed E-state index contributed by atoms with van der Waals surface area (Å²) in [6, 6.07) is 16.6. The molecule has 0 bridgehead atoms. The van der Waals surface area contributed by atoms with Crippen LogP contribution < -0.4 is 0 Å². The maximum atomic E-state index is 4.76. The molecule has 0 aliphatic carbocycles. The van der Waals surface area contributed by atoms with E-state index in [4.69, 9.17) is 4.98 Å². The summed E-state index contributed by atoms with van der Waals surface area (Å²) in [5.74, 6) is 0.670. The third-order valence-corrected chi connectivity index (χ3v) is 4.83. The van der Waals surface area contributed by atoms with Gasteiger partial charge < -0.3 is 9.38 Å². The number of nitrogens with zero attached hydrogens (tertiary/aromatic N) is 5. The Morgan fingerprint density at radius 2 is 1.74 bits per heavy atom. The second-order valence-corrected chi connectivity index (χ2v) is 6.52. The molecule has 0 saturated heterocycles. The fourth-order valence-corrected chi connectivity index (χ4v) is 3.45. The normalized spacial score (nSPS) is 11.7. The minimum Gasteiger partial charge on any atom is -0.355 e. The van der Waals surface area contributed by atoms with Crippen molar-refractivity contribution in [3.8, 4) is 22.6 Å². The Morgan fingerprint density at radius 3 is 2.70 bits per heavy atom. The number of nitrogens with one attached hydrogen (secondary N) is 1. The first kappa shape index (κ1) is 14.3. The second-order valence-electron chi connectivity index (χ2n) is 6.52. The standard InChI is InChI=1S/C21H14N6/c1-2-4-16-14(3-1)11-18(23-16)15-5-8-27-13-19(24-20(27)12-15)17-6-9-26-10-7-22-21(26)25-17/h1-13,23H. The molecule has 0 aliphatic heterocycles. The molecular formula is C21H14N6. The minimum atomic E-state index is 0.670. The van der Waals surface area contributed by atoms with Crippen LogP contribution in [0.5, 0.6) is 0 Å². The van der Waals surface area contributed by atoms with Crippen molar-refractivity contribution in [3.05, 3.63) is 79.5 Å². The lowest BCUT2D eigenvalue weighted by molar-refractivity contribution is 1.11. The molecular weight excluding hydrogens is 336 g/mol. The fourth-order valence-electron chi connectivity index (χ4n) is 3.45. The van der Waals surface area contributed by atoms with Crippen LogP contribution in [0.2, 0.25) is 0 Å². The molecule has 5 aromatic heterocycles. The zero-order valence-corrected chi connectivity index (χ0v) is 14.2. The molecule has 1 aromatic carbocycles. The molecule has 0 amide bonds. The van der Waals surface area contributed by atoms with Crippen LogP contribution in [0.25, 0.3) is 45.0 Å². The predicted molar refractivity (Wildman–Crippen MR) is 104 cm³/mol. The number of imidazole rings is 2. The van der Waals surface area contributed by atoms with Gasteiger partial charge in [0.2, 0.25) is 5.78 Å². The first-order chi connectivity index (χ1) is 13.3. The molecule has 1 N–H and O–H groups in total. The van der Waals surface area contributed by atoms with E-state index in [9.17, 15) is 0 Å². The summed E-state index contributed by atoms with van der Waals surface area (Å²) in [6.45, 7) is 0. The SMILES string of the molecule is c1ccc2[nH]c(-c3ccn4cc(-c5ccn6ccnc6n5)nc4c3)cc2c1. The summed E-state index contributed by atoms with van der Waals surface area (Å²) < 4.78 is 3.90. The highest BCUT2D eigenvalue weighted by Gasteiger charge is 2.09. The lowest BCUT2D eigenvalue weighted by atomic mass is 10.2. The van der Waals surface area contributed by atoms with Crippen molar-refractivity contribution < 1.29 is 0 Å². The lowest BCUT2D eigenvalue weighted by Crippen LogP contribution is -1.90. The highest BCUT2D eigenvalue weighted by Crippen LogP contribution is 2.26. The number of hydrogen-bond donors (Lipinski definition) is 1. The smallest absolute Gasteiger partial charge is 0.234 e. The van der Waals surface area contributed by atoms with Gasteiger partial charge in [-0.05, 0) is 30.3 Å². The quantitative estimate of drug-likeness (QED) is 0.509. The van der Waals surface area contributed by atoms with E-state index in [0.29, 0.717) is 5.78 Å². The van der Waals surface area contributed by atoms with E-state index in [1.54, 1.807) is 6.20 Å². The monoisotopic (exact) mass is 350 g/mol. The van der Waals surface area contributed by atoms with Gasteiger partial charge in [-0.1, -0.05) is 18.2 Å². The second kappa shape index (κ2) is 5.28. The molecule has 6 nitrogen and oxygen atoms in total. The molecule has 0 fully saturated rings. The number of benzene rings is 1. The molecule has 6 heteroatoms. The fraction of sp³-hybridized carbons (Fsp3) is 0. The molecule has 6 rings (SSSR count). The van der Waals surface area contributed by atoms with Crippen LogP contribution in [0, 0.1) is 0 Å². The highest BCUT2D eigenvalue weighted by atomic mass is 15.1. The maximum absolute atomic E-state index is 4.76. The van der Waals surface area contributed by atoms with Gasteiger partial charge in [-0.15, -0.1) is 0 Å². The topological polar surface area (TPSA) is 63.3 Å².